The van der Waals surface area contributed by atoms with Crippen LogP contribution in [-0.4, -0.2) is 88.7 Å². The number of fused-ring (bicyclic) bond motifs is 1. The molecule has 1 aliphatic heterocycles. The second-order valence-electron chi connectivity index (χ2n) is 12.3. The minimum absolute atomic E-state index is 0.0379. The maximum absolute atomic E-state index is 14.3. The second kappa shape index (κ2) is 16.4. The van der Waals surface area contributed by atoms with Gasteiger partial charge in [-0.25, -0.2) is 25.6 Å². The molecule has 3 aromatic rings. The van der Waals surface area contributed by atoms with Gasteiger partial charge in [0.2, 0.25) is 10.0 Å². The van der Waals surface area contributed by atoms with Crippen LogP contribution in [0.1, 0.15) is 50.4 Å². The number of aliphatic hydroxyl groups excluding tert-OH is 1. The summed E-state index contributed by atoms with van der Waals surface area (Å²) in [7, 11) is -6.73. The van der Waals surface area contributed by atoms with E-state index in [1.165, 1.54) is 42.3 Å². The van der Waals surface area contributed by atoms with Gasteiger partial charge in [0.05, 0.1) is 40.2 Å². The van der Waals surface area contributed by atoms with Crippen LogP contribution in [0.15, 0.2) is 76.5 Å². The summed E-state index contributed by atoms with van der Waals surface area (Å²) in [5.74, 6) is -1.94. The number of hydrogen-bond acceptors (Lipinski definition) is 8. The van der Waals surface area contributed by atoms with E-state index in [4.69, 9.17) is 9.47 Å². The molecule has 0 saturated carbocycles. The largest absolute Gasteiger partial charge is 0.490 e. The van der Waals surface area contributed by atoms with Crippen molar-refractivity contribution in [2.24, 2.45) is 5.92 Å². The molecule has 4 rings (SSSR count). The molecule has 1 aliphatic rings. The lowest BCUT2D eigenvalue weighted by atomic mass is 10.0. The number of nitrogens with one attached hydrogen (secondary N) is 1. The molecular formula is C34H43F2N3O8S2. The van der Waals surface area contributed by atoms with Crippen molar-refractivity contribution in [2.45, 2.75) is 68.1 Å². The Morgan fingerprint density at radius 2 is 1.57 bits per heavy atom. The Labute approximate surface area is 286 Å². The molecule has 0 unspecified atom stereocenters. The number of rotatable bonds is 9. The minimum Gasteiger partial charge on any atom is -0.490 e. The SMILES string of the molecule is C[C@@H]1CN([C@H](C)CO)C(=O)c2cc(NS(=O)(=O)c3ccc(F)cc3)ccc2O[C@@H](C)CCCCO[C@H]1CN(C)S(=O)(=O)c1ccc(F)cc1. The van der Waals surface area contributed by atoms with Crippen LogP contribution in [0, 0.1) is 17.6 Å². The summed E-state index contributed by atoms with van der Waals surface area (Å²) < 4.78 is 95.8. The van der Waals surface area contributed by atoms with Crippen molar-refractivity contribution in [3.8, 4) is 5.75 Å². The number of amides is 1. The lowest BCUT2D eigenvalue weighted by Gasteiger charge is -2.35. The predicted molar refractivity (Wildman–Crippen MR) is 180 cm³/mol. The fourth-order valence-corrected chi connectivity index (χ4v) is 7.65. The van der Waals surface area contributed by atoms with E-state index in [1.54, 1.807) is 6.92 Å². The number of halogens is 2. The zero-order chi connectivity index (χ0) is 35.9. The molecule has 1 amide bonds. The molecule has 1 heterocycles. The fraction of sp³-hybridized carbons (Fsp3) is 0.441. The van der Waals surface area contributed by atoms with E-state index in [1.807, 2.05) is 13.8 Å². The van der Waals surface area contributed by atoms with Crippen LogP contribution in [0.3, 0.4) is 0 Å². The van der Waals surface area contributed by atoms with Gasteiger partial charge in [0.15, 0.2) is 0 Å². The Hall–Kier alpha value is -3.63. The van der Waals surface area contributed by atoms with Gasteiger partial charge < -0.3 is 19.5 Å². The van der Waals surface area contributed by atoms with E-state index in [9.17, 15) is 35.5 Å². The zero-order valence-corrected chi connectivity index (χ0v) is 29.5. The van der Waals surface area contributed by atoms with E-state index >= 15 is 0 Å². The van der Waals surface area contributed by atoms with E-state index in [-0.39, 0.29) is 46.0 Å². The second-order valence-corrected chi connectivity index (χ2v) is 16.0. The molecule has 268 valence electrons. The number of likely N-dealkylation sites (N-methyl/N-ethyl adjacent to an activating group) is 1. The first-order valence-electron chi connectivity index (χ1n) is 16.0. The summed E-state index contributed by atoms with van der Waals surface area (Å²) in [5.41, 5.74) is 0.108. The number of hydrogen-bond donors (Lipinski definition) is 2. The van der Waals surface area contributed by atoms with Crippen molar-refractivity contribution in [1.29, 1.82) is 0 Å². The standard InChI is InChI=1S/C34H43F2N3O8S2/c1-23-20-39(24(2)22-40)34(41)31-19-28(37-48(42,43)29-13-8-26(35)9-14-29)12-17-32(31)47-25(3)7-5-6-18-46-33(23)21-38(4)49(44,45)30-15-10-27(36)11-16-30/h8-17,19,23-25,33,37,40H,5-7,18,20-22H2,1-4H3/t23-,24-,25+,33+/m1/s1. The van der Waals surface area contributed by atoms with Gasteiger partial charge in [0.1, 0.15) is 17.4 Å². The number of carbonyl (C=O) groups is 1. The van der Waals surface area contributed by atoms with Crippen molar-refractivity contribution >= 4 is 31.6 Å². The summed E-state index contributed by atoms with van der Waals surface area (Å²) >= 11 is 0. The smallest absolute Gasteiger partial charge is 0.261 e. The molecule has 11 nitrogen and oxygen atoms in total. The van der Waals surface area contributed by atoms with Crippen LogP contribution >= 0.6 is 0 Å². The highest BCUT2D eigenvalue weighted by atomic mass is 32.2. The predicted octanol–water partition coefficient (Wildman–Crippen LogP) is 4.88. The molecular weight excluding hydrogens is 681 g/mol. The quantitative estimate of drug-likeness (QED) is 0.318. The van der Waals surface area contributed by atoms with Crippen molar-refractivity contribution in [3.63, 3.8) is 0 Å². The molecule has 0 aliphatic carbocycles. The molecule has 0 bridgehead atoms. The number of benzene rings is 3. The average Bonchev–Trinajstić information content (AvgIpc) is 3.06. The normalized spacial score (nSPS) is 20.6. The summed E-state index contributed by atoms with van der Waals surface area (Å²) in [6.45, 7) is 5.21. The van der Waals surface area contributed by atoms with Crippen molar-refractivity contribution < 1.29 is 45.0 Å². The maximum Gasteiger partial charge on any atom is 0.261 e. The van der Waals surface area contributed by atoms with Gasteiger partial charge in [-0.3, -0.25) is 9.52 Å². The van der Waals surface area contributed by atoms with Crippen LogP contribution in [0.5, 0.6) is 5.75 Å². The topological polar surface area (TPSA) is 143 Å². The number of sulfonamides is 2. The third-order valence-electron chi connectivity index (χ3n) is 8.39. The van der Waals surface area contributed by atoms with Crippen LogP contribution in [0.25, 0.3) is 0 Å². The first kappa shape index (κ1) is 38.2. The minimum atomic E-state index is -4.14. The van der Waals surface area contributed by atoms with Gasteiger partial charge >= 0.3 is 0 Å². The monoisotopic (exact) mass is 723 g/mol. The first-order chi connectivity index (χ1) is 23.1. The molecule has 49 heavy (non-hydrogen) atoms. The van der Waals surface area contributed by atoms with Crippen LogP contribution < -0.4 is 9.46 Å². The highest BCUT2D eigenvalue weighted by Crippen LogP contribution is 2.30. The van der Waals surface area contributed by atoms with Gasteiger partial charge in [-0.2, -0.15) is 4.31 Å². The number of anilines is 1. The molecule has 4 atom stereocenters. The summed E-state index contributed by atoms with van der Waals surface area (Å²) in [4.78, 5) is 15.5. The number of ether oxygens (including phenoxy) is 2. The Balaban J connectivity index is 1.67. The molecule has 0 radical (unpaired) electrons. The molecule has 0 saturated heterocycles. The van der Waals surface area contributed by atoms with Crippen molar-refractivity contribution in [1.82, 2.24) is 9.21 Å². The zero-order valence-electron chi connectivity index (χ0n) is 27.9. The van der Waals surface area contributed by atoms with Gasteiger partial charge in [-0.15, -0.1) is 0 Å². The first-order valence-corrected chi connectivity index (χ1v) is 18.9. The Kier molecular flexibility index (Phi) is 12.8. The van der Waals surface area contributed by atoms with E-state index in [0.29, 0.717) is 25.9 Å². The van der Waals surface area contributed by atoms with Crippen molar-refractivity contribution in [3.05, 3.63) is 83.9 Å². The molecule has 3 aromatic carbocycles. The Morgan fingerprint density at radius 3 is 2.18 bits per heavy atom. The van der Waals surface area contributed by atoms with Crippen LogP contribution in [0.4, 0.5) is 14.5 Å². The van der Waals surface area contributed by atoms with Crippen LogP contribution in [-0.2, 0) is 24.8 Å². The number of aliphatic hydroxyl groups is 1. The summed E-state index contributed by atoms with van der Waals surface area (Å²) in [6.07, 6.45) is 0.954. The third kappa shape index (κ3) is 9.75. The van der Waals surface area contributed by atoms with Gasteiger partial charge in [0.25, 0.3) is 15.9 Å². The van der Waals surface area contributed by atoms with Crippen LogP contribution in [0.2, 0.25) is 0 Å². The summed E-state index contributed by atoms with van der Waals surface area (Å²) in [6, 6.07) is 12.5. The lowest BCUT2D eigenvalue weighted by Crippen LogP contribution is -2.48. The highest BCUT2D eigenvalue weighted by Gasteiger charge is 2.32. The molecule has 0 fully saturated rings. The average molecular weight is 724 g/mol. The Bertz CT molecular complexity index is 1790. The van der Waals surface area contributed by atoms with E-state index in [0.717, 1.165) is 40.7 Å². The Morgan fingerprint density at radius 1 is 0.959 bits per heavy atom. The molecule has 2 N–H and O–H groups in total. The highest BCUT2D eigenvalue weighted by molar-refractivity contribution is 7.92. The van der Waals surface area contributed by atoms with E-state index < -0.39 is 62.3 Å². The van der Waals surface area contributed by atoms with Crippen molar-refractivity contribution in [2.75, 3.05) is 38.1 Å². The third-order valence-corrected chi connectivity index (χ3v) is 11.6. The van der Waals surface area contributed by atoms with E-state index in [2.05, 4.69) is 4.72 Å². The molecule has 0 spiro atoms. The number of carbonyl (C=O) groups excluding carboxylic acids is 1. The summed E-state index contributed by atoms with van der Waals surface area (Å²) in [5, 5.41) is 10.2. The maximum atomic E-state index is 14.3. The van der Waals surface area contributed by atoms with Gasteiger partial charge in [0, 0.05) is 38.3 Å². The van der Waals surface area contributed by atoms with Gasteiger partial charge in [-0.05, 0) is 99.8 Å². The lowest BCUT2D eigenvalue weighted by molar-refractivity contribution is -0.00834. The van der Waals surface area contributed by atoms with Gasteiger partial charge in [-0.1, -0.05) is 6.92 Å². The molecule has 0 aromatic heterocycles. The molecule has 15 heteroatoms. The number of nitrogens with zero attached hydrogens (tertiary/aromatic N) is 2. The fourth-order valence-electron chi connectivity index (χ4n) is 5.41.